The number of nitrogens with one attached hydrogen (secondary N) is 2. The highest BCUT2D eigenvalue weighted by atomic mass is 16.5. The lowest BCUT2D eigenvalue weighted by atomic mass is 9.85. The second-order valence-electron chi connectivity index (χ2n) is 5.67. The Bertz CT molecular complexity index is 427. The number of ether oxygens (including phenoxy) is 1. The molecule has 19 heavy (non-hydrogen) atoms. The Kier molecular flexibility index (Phi) is 4.04. The van der Waals surface area contributed by atoms with Gasteiger partial charge in [0, 0.05) is 6.04 Å². The molecule has 1 aromatic carbocycles. The molecule has 0 spiro atoms. The molecule has 1 saturated heterocycles. The highest BCUT2D eigenvalue weighted by Crippen LogP contribution is 2.33. The Labute approximate surface area is 115 Å². The van der Waals surface area contributed by atoms with Gasteiger partial charge in [-0.15, -0.1) is 0 Å². The summed E-state index contributed by atoms with van der Waals surface area (Å²) in [6.45, 7) is 3.17. The van der Waals surface area contributed by atoms with Crippen molar-refractivity contribution in [2.24, 2.45) is 5.92 Å². The average Bonchev–Trinajstić information content (AvgIpc) is 2.49. The van der Waals surface area contributed by atoms with Crippen LogP contribution in [0, 0.1) is 5.92 Å². The van der Waals surface area contributed by atoms with Gasteiger partial charge in [0.2, 0.25) is 0 Å². The van der Waals surface area contributed by atoms with Crippen LogP contribution in [0.3, 0.4) is 0 Å². The van der Waals surface area contributed by atoms with E-state index in [2.05, 4.69) is 35.9 Å². The van der Waals surface area contributed by atoms with Gasteiger partial charge in [0.1, 0.15) is 5.75 Å². The number of hydrogen-bond acceptors (Lipinski definition) is 3. The normalized spacial score (nSPS) is 21.5. The van der Waals surface area contributed by atoms with Crippen LogP contribution in [0.5, 0.6) is 5.75 Å². The van der Waals surface area contributed by atoms with Crippen LogP contribution in [-0.4, -0.2) is 26.7 Å². The van der Waals surface area contributed by atoms with Gasteiger partial charge >= 0.3 is 0 Å². The first-order valence-electron chi connectivity index (χ1n) is 7.52. The van der Waals surface area contributed by atoms with Gasteiger partial charge in [0.15, 0.2) is 0 Å². The molecule has 0 amide bonds. The summed E-state index contributed by atoms with van der Waals surface area (Å²) in [5.41, 5.74) is 2.82. The molecule has 0 radical (unpaired) electrons. The number of fused-ring (bicyclic) bond motifs is 1. The summed E-state index contributed by atoms with van der Waals surface area (Å²) in [5, 5.41) is 6.97. The van der Waals surface area contributed by atoms with Crippen molar-refractivity contribution in [3.8, 4) is 5.75 Å². The van der Waals surface area contributed by atoms with Gasteiger partial charge in [-0.1, -0.05) is 12.1 Å². The van der Waals surface area contributed by atoms with Gasteiger partial charge in [0.25, 0.3) is 0 Å². The van der Waals surface area contributed by atoms with Crippen LogP contribution in [0.25, 0.3) is 0 Å². The zero-order valence-electron chi connectivity index (χ0n) is 11.7. The number of benzene rings is 1. The Balaban J connectivity index is 1.82. The van der Waals surface area contributed by atoms with E-state index in [0.717, 1.165) is 44.2 Å². The minimum atomic E-state index is 0.481. The minimum absolute atomic E-state index is 0.481. The topological polar surface area (TPSA) is 33.3 Å². The Morgan fingerprint density at radius 1 is 1.32 bits per heavy atom. The van der Waals surface area contributed by atoms with Gasteiger partial charge in [-0.3, -0.25) is 0 Å². The third-order valence-corrected chi connectivity index (χ3v) is 4.46. The molecule has 0 aliphatic carbocycles. The van der Waals surface area contributed by atoms with Crippen molar-refractivity contribution in [3.63, 3.8) is 0 Å². The number of hydrogen-bond donors (Lipinski definition) is 2. The lowest BCUT2D eigenvalue weighted by molar-refractivity contribution is 0.283. The first kappa shape index (κ1) is 12.9. The third kappa shape index (κ3) is 2.77. The van der Waals surface area contributed by atoms with Crippen LogP contribution in [-0.2, 0) is 6.42 Å². The molecule has 0 saturated carbocycles. The molecule has 1 unspecified atom stereocenters. The zero-order valence-corrected chi connectivity index (χ0v) is 11.7. The SMILES string of the molecule is CNC(c1ccc2c(c1)CCCO2)C1CCNCC1. The molecule has 2 N–H and O–H groups in total. The maximum atomic E-state index is 5.71. The van der Waals surface area contributed by atoms with E-state index in [-0.39, 0.29) is 0 Å². The molecule has 2 heterocycles. The number of rotatable bonds is 3. The van der Waals surface area contributed by atoms with E-state index >= 15 is 0 Å². The molecule has 2 aliphatic rings. The Morgan fingerprint density at radius 2 is 2.16 bits per heavy atom. The Hall–Kier alpha value is -1.06. The molecule has 1 atom stereocenters. The van der Waals surface area contributed by atoms with Gasteiger partial charge in [0.05, 0.1) is 6.61 Å². The second-order valence-corrected chi connectivity index (χ2v) is 5.67. The summed E-state index contributed by atoms with van der Waals surface area (Å²) in [7, 11) is 2.09. The largest absolute Gasteiger partial charge is 0.493 e. The Morgan fingerprint density at radius 3 is 2.95 bits per heavy atom. The van der Waals surface area contributed by atoms with Crippen LogP contribution in [0.1, 0.15) is 36.4 Å². The van der Waals surface area contributed by atoms with Crippen molar-refractivity contribution in [1.82, 2.24) is 10.6 Å². The van der Waals surface area contributed by atoms with Crippen molar-refractivity contribution >= 4 is 0 Å². The summed E-state index contributed by atoms with van der Waals surface area (Å²) in [4.78, 5) is 0. The van der Waals surface area contributed by atoms with Crippen LogP contribution in [0.2, 0.25) is 0 Å². The van der Waals surface area contributed by atoms with Crippen LogP contribution in [0.4, 0.5) is 0 Å². The molecular formula is C16H24N2O. The molecule has 1 fully saturated rings. The fraction of sp³-hybridized carbons (Fsp3) is 0.625. The number of piperidine rings is 1. The summed E-state index contributed by atoms with van der Waals surface area (Å²) in [6.07, 6.45) is 4.83. The fourth-order valence-electron chi connectivity index (χ4n) is 3.43. The van der Waals surface area contributed by atoms with Crippen molar-refractivity contribution in [1.29, 1.82) is 0 Å². The monoisotopic (exact) mass is 260 g/mol. The van der Waals surface area contributed by atoms with Crippen LogP contribution >= 0.6 is 0 Å². The average molecular weight is 260 g/mol. The van der Waals surface area contributed by atoms with E-state index in [1.54, 1.807) is 0 Å². The van der Waals surface area contributed by atoms with Crippen molar-refractivity contribution in [2.45, 2.75) is 31.7 Å². The van der Waals surface area contributed by atoms with Gasteiger partial charge in [-0.25, -0.2) is 0 Å². The molecule has 0 aromatic heterocycles. The fourth-order valence-corrected chi connectivity index (χ4v) is 3.43. The van der Waals surface area contributed by atoms with Gasteiger partial charge < -0.3 is 15.4 Å². The van der Waals surface area contributed by atoms with Crippen LogP contribution < -0.4 is 15.4 Å². The smallest absolute Gasteiger partial charge is 0.122 e. The van der Waals surface area contributed by atoms with Gasteiger partial charge in [-0.2, -0.15) is 0 Å². The van der Waals surface area contributed by atoms with E-state index < -0.39 is 0 Å². The maximum Gasteiger partial charge on any atom is 0.122 e. The quantitative estimate of drug-likeness (QED) is 0.874. The molecule has 3 heteroatoms. The van der Waals surface area contributed by atoms with Crippen molar-refractivity contribution in [3.05, 3.63) is 29.3 Å². The van der Waals surface area contributed by atoms with Gasteiger partial charge in [-0.05, 0) is 68.9 Å². The minimum Gasteiger partial charge on any atom is -0.493 e. The molecule has 3 nitrogen and oxygen atoms in total. The lowest BCUT2D eigenvalue weighted by Crippen LogP contribution is -2.35. The molecule has 0 bridgehead atoms. The highest BCUT2D eigenvalue weighted by molar-refractivity contribution is 5.39. The van der Waals surface area contributed by atoms with Crippen molar-refractivity contribution < 1.29 is 4.74 Å². The summed E-state index contributed by atoms with van der Waals surface area (Å²) >= 11 is 0. The molecule has 104 valence electrons. The first-order chi connectivity index (χ1) is 9.38. The third-order valence-electron chi connectivity index (χ3n) is 4.46. The summed E-state index contributed by atoms with van der Waals surface area (Å²) in [6, 6.07) is 7.25. The van der Waals surface area contributed by atoms with E-state index in [1.807, 2.05) is 0 Å². The molecular weight excluding hydrogens is 236 g/mol. The van der Waals surface area contributed by atoms with E-state index in [9.17, 15) is 0 Å². The molecule has 2 aliphatic heterocycles. The van der Waals surface area contributed by atoms with E-state index in [4.69, 9.17) is 4.74 Å². The summed E-state index contributed by atoms with van der Waals surface area (Å²) in [5.74, 6) is 1.84. The summed E-state index contributed by atoms with van der Waals surface area (Å²) < 4.78 is 5.71. The lowest BCUT2D eigenvalue weighted by Gasteiger charge is -2.31. The number of aryl methyl sites for hydroxylation is 1. The van der Waals surface area contributed by atoms with E-state index in [1.165, 1.54) is 24.0 Å². The first-order valence-corrected chi connectivity index (χ1v) is 7.52. The van der Waals surface area contributed by atoms with Crippen molar-refractivity contribution in [2.75, 3.05) is 26.7 Å². The predicted octanol–water partition coefficient (Wildman–Crippen LogP) is 2.27. The van der Waals surface area contributed by atoms with E-state index in [0.29, 0.717) is 6.04 Å². The standard InChI is InChI=1S/C16H24N2O/c1-17-16(12-6-8-18-9-7-12)14-4-5-15-13(11-14)3-2-10-19-15/h4-5,11-12,16-18H,2-3,6-10H2,1H3. The highest BCUT2D eigenvalue weighted by Gasteiger charge is 2.24. The second kappa shape index (κ2) is 5.93. The van der Waals surface area contributed by atoms with Crippen LogP contribution in [0.15, 0.2) is 18.2 Å². The predicted molar refractivity (Wildman–Crippen MR) is 77.7 cm³/mol. The molecule has 1 aromatic rings. The maximum absolute atomic E-state index is 5.71. The zero-order chi connectivity index (χ0) is 13.1. The molecule has 3 rings (SSSR count).